The molecule has 6 heteroatoms. The maximum atomic E-state index is 12.4. The second kappa shape index (κ2) is 8.86. The molecule has 0 aromatic heterocycles. The predicted octanol–water partition coefficient (Wildman–Crippen LogP) is 1.58. The average Bonchev–Trinajstić information content (AvgIpc) is 2.91. The zero-order chi connectivity index (χ0) is 17.4. The van der Waals surface area contributed by atoms with Crippen LogP contribution in [0.15, 0.2) is 43.0 Å². The minimum atomic E-state index is -0.375. The molecule has 1 aliphatic heterocycles. The van der Waals surface area contributed by atoms with E-state index in [1.165, 1.54) is 5.56 Å². The van der Waals surface area contributed by atoms with Crippen LogP contribution in [0.4, 0.5) is 4.79 Å². The third-order valence-corrected chi connectivity index (χ3v) is 3.92. The van der Waals surface area contributed by atoms with Crippen LogP contribution in [0.3, 0.4) is 0 Å². The second-order valence-corrected chi connectivity index (χ2v) is 5.67. The van der Waals surface area contributed by atoms with E-state index in [0.29, 0.717) is 25.9 Å². The number of imide groups is 1. The van der Waals surface area contributed by atoms with Crippen molar-refractivity contribution in [3.63, 3.8) is 0 Å². The van der Waals surface area contributed by atoms with Crippen molar-refractivity contribution < 1.29 is 14.4 Å². The number of carbonyl (C=O) groups excluding carboxylic acids is 3. The van der Waals surface area contributed by atoms with Gasteiger partial charge >= 0.3 is 6.03 Å². The Balaban J connectivity index is 1.79. The van der Waals surface area contributed by atoms with E-state index in [2.05, 4.69) is 11.9 Å². The Morgan fingerprint density at radius 3 is 2.67 bits per heavy atom. The van der Waals surface area contributed by atoms with E-state index in [-0.39, 0.29) is 30.9 Å². The molecule has 0 radical (unpaired) electrons. The summed E-state index contributed by atoms with van der Waals surface area (Å²) in [5.74, 6) is -0.225. The van der Waals surface area contributed by atoms with Gasteiger partial charge in [0.25, 0.3) is 0 Å². The summed E-state index contributed by atoms with van der Waals surface area (Å²) in [5, 5.41) is 2.47. The third kappa shape index (κ3) is 4.94. The van der Waals surface area contributed by atoms with E-state index in [9.17, 15) is 14.4 Å². The average molecular weight is 329 g/mol. The van der Waals surface area contributed by atoms with Crippen molar-refractivity contribution in [2.45, 2.75) is 19.3 Å². The molecule has 0 bridgehead atoms. The standard InChI is InChI=1S/C18H23N3O3/c1-2-11-20(13-10-15-7-4-3-5-8-15)16(22)9-6-12-21-17(23)14-19-18(21)24/h2-5,7-8H,1,6,9-14H2,(H,19,24). The molecule has 0 spiro atoms. The number of hydrogen-bond acceptors (Lipinski definition) is 3. The summed E-state index contributed by atoms with van der Waals surface area (Å²) in [6.07, 6.45) is 3.27. The van der Waals surface area contributed by atoms with Gasteiger partial charge in [0.1, 0.15) is 0 Å². The fourth-order valence-corrected chi connectivity index (χ4v) is 2.61. The molecule has 0 atom stereocenters. The zero-order valence-corrected chi connectivity index (χ0v) is 13.7. The van der Waals surface area contributed by atoms with Gasteiger partial charge in [-0.1, -0.05) is 36.4 Å². The van der Waals surface area contributed by atoms with Crippen LogP contribution in [-0.4, -0.2) is 53.8 Å². The SMILES string of the molecule is C=CCN(CCc1ccccc1)C(=O)CCCN1C(=O)CNC1=O. The van der Waals surface area contributed by atoms with Crippen LogP contribution in [0.25, 0.3) is 0 Å². The van der Waals surface area contributed by atoms with Crippen molar-refractivity contribution in [1.82, 2.24) is 15.1 Å². The molecule has 0 aliphatic carbocycles. The lowest BCUT2D eigenvalue weighted by Gasteiger charge is -2.22. The first-order chi connectivity index (χ1) is 11.6. The van der Waals surface area contributed by atoms with Crippen LogP contribution < -0.4 is 5.32 Å². The zero-order valence-electron chi connectivity index (χ0n) is 13.7. The minimum Gasteiger partial charge on any atom is -0.339 e. The Bertz CT molecular complexity index is 585. The van der Waals surface area contributed by atoms with Gasteiger partial charge in [0, 0.05) is 26.1 Å². The maximum Gasteiger partial charge on any atom is 0.324 e. The topological polar surface area (TPSA) is 69.7 Å². The number of rotatable bonds is 9. The molecule has 24 heavy (non-hydrogen) atoms. The second-order valence-electron chi connectivity index (χ2n) is 5.67. The molecule has 4 amide bonds. The molecule has 1 heterocycles. The third-order valence-electron chi connectivity index (χ3n) is 3.92. The molecule has 128 valence electrons. The van der Waals surface area contributed by atoms with Crippen LogP contribution >= 0.6 is 0 Å². The van der Waals surface area contributed by atoms with Crippen LogP contribution in [0.2, 0.25) is 0 Å². The van der Waals surface area contributed by atoms with Gasteiger partial charge in [0.05, 0.1) is 6.54 Å². The van der Waals surface area contributed by atoms with Gasteiger partial charge in [-0.25, -0.2) is 4.79 Å². The van der Waals surface area contributed by atoms with Crippen molar-refractivity contribution in [2.24, 2.45) is 0 Å². The summed E-state index contributed by atoms with van der Waals surface area (Å²) >= 11 is 0. The van der Waals surface area contributed by atoms with Crippen molar-refractivity contribution in [2.75, 3.05) is 26.2 Å². The summed E-state index contributed by atoms with van der Waals surface area (Å²) < 4.78 is 0. The van der Waals surface area contributed by atoms with Gasteiger partial charge in [-0.2, -0.15) is 0 Å². The van der Waals surface area contributed by atoms with Crippen molar-refractivity contribution >= 4 is 17.8 Å². The molecular weight excluding hydrogens is 306 g/mol. The summed E-state index contributed by atoms with van der Waals surface area (Å²) in [4.78, 5) is 38.2. The van der Waals surface area contributed by atoms with E-state index in [1.54, 1.807) is 11.0 Å². The number of nitrogens with zero attached hydrogens (tertiary/aromatic N) is 2. The molecule has 1 aromatic rings. The lowest BCUT2D eigenvalue weighted by molar-refractivity contribution is -0.131. The van der Waals surface area contributed by atoms with Gasteiger partial charge in [0.2, 0.25) is 11.8 Å². The van der Waals surface area contributed by atoms with Gasteiger partial charge in [-0.05, 0) is 18.4 Å². The highest BCUT2D eigenvalue weighted by molar-refractivity contribution is 6.01. The molecule has 1 aromatic carbocycles. The van der Waals surface area contributed by atoms with Crippen LogP contribution in [0.1, 0.15) is 18.4 Å². The van der Waals surface area contributed by atoms with Crippen LogP contribution in [0, 0.1) is 0 Å². The van der Waals surface area contributed by atoms with E-state index >= 15 is 0 Å². The number of hydrogen-bond donors (Lipinski definition) is 1. The van der Waals surface area contributed by atoms with Crippen LogP contribution in [-0.2, 0) is 16.0 Å². The molecular formula is C18H23N3O3. The Morgan fingerprint density at radius 1 is 1.29 bits per heavy atom. The number of benzene rings is 1. The summed E-state index contributed by atoms with van der Waals surface area (Å²) in [7, 11) is 0. The molecule has 0 unspecified atom stereocenters. The molecule has 1 saturated heterocycles. The first-order valence-corrected chi connectivity index (χ1v) is 8.12. The first-order valence-electron chi connectivity index (χ1n) is 8.12. The molecule has 0 saturated carbocycles. The van der Waals surface area contributed by atoms with Gasteiger partial charge in [0.15, 0.2) is 0 Å². The highest BCUT2D eigenvalue weighted by atomic mass is 16.2. The Hall–Kier alpha value is -2.63. The van der Waals surface area contributed by atoms with E-state index < -0.39 is 0 Å². The minimum absolute atomic E-state index is 0.0119. The predicted molar refractivity (Wildman–Crippen MR) is 91.3 cm³/mol. The normalized spacial score (nSPS) is 13.8. The number of urea groups is 1. The highest BCUT2D eigenvalue weighted by Gasteiger charge is 2.27. The monoisotopic (exact) mass is 329 g/mol. The highest BCUT2D eigenvalue weighted by Crippen LogP contribution is 2.07. The Morgan fingerprint density at radius 2 is 2.04 bits per heavy atom. The first kappa shape index (κ1) is 17.7. The molecule has 2 rings (SSSR count). The molecule has 1 fully saturated rings. The summed E-state index contributed by atoms with van der Waals surface area (Å²) in [6, 6.07) is 9.62. The quantitative estimate of drug-likeness (QED) is 0.552. The molecule has 1 N–H and O–H groups in total. The Labute approximate surface area is 142 Å². The maximum absolute atomic E-state index is 12.4. The van der Waals surface area contributed by atoms with E-state index in [4.69, 9.17) is 0 Å². The molecule has 1 aliphatic rings. The number of amides is 4. The van der Waals surface area contributed by atoms with Gasteiger partial charge < -0.3 is 10.2 Å². The summed E-state index contributed by atoms with van der Waals surface area (Å²) in [5.41, 5.74) is 1.18. The van der Waals surface area contributed by atoms with Crippen LogP contribution in [0.5, 0.6) is 0 Å². The smallest absolute Gasteiger partial charge is 0.324 e. The van der Waals surface area contributed by atoms with Crippen molar-refractivity contribution in [3.8, 4) is 0 Å². The fourth-order valence-electron chi connectivity index (χ4n) is 2.61. The van der Waals surface area contributed by atoms with E-state index in [0.717, 1.165) is 11.3 Å². The number of carbonyl (C=O) groups is 3. The van der Waals surface area contributed by atoms with Crippen molar-refractivity contribution in [1.29, 1.82) is 0 Å². The summed E-state index contributed by atoms with van der Waals surface area (Å²) in [6.45, 7) is 5.14. The lowest BCUT2D eigenvalue weighted by atomic mass is 10.1. The Kier molecular flexibility index (Phi) is 6.54. The van der Waals surface area contributed by atoms with Crippen molar-refractivity contribution in [3.05, 3.63) is 48.6 Å². The number of nitrogens with one attached hydrogen (secondary N) is 1. The molecule has 6 nitrogen and oxygen atoms in total. The fraction of sp³-hybridized carbons (Fsp3) is 0.389. The lowest BCUT2D eigenvalue weighted by Crippen LogP contribution is -2.35. The van der Waals surface area contributed by atoms with Gasteiger partial charge in [-0.15, -0.1) is 6.58 Å². The van der Waals surface area contributed by atoms with E-state index in [1.807, 2.05) is 30.3 Å². The largest absolute Gasteiger partial charge is 0.339 e. The van der Waals surface area contributed by atoms with Gasteiger partial charge in [-0.3, -0.25) is 14.5 Å².